The van der Waals surface area contributed by atoms with Gasteiger partial charge in [-0.2, -0.15) is 0 Å². The summed E-state index contributed by atoms with van der Waals surface area (Å²) < 4.78 is 1.89. The summed E-state index contributed by atoms with van der Waals surface area (Å²) in [6, 6.07) is 15.8. The first kappa shape index (κ1) is 18.2. The average Bonchev–Trinajstić information content (AvgIpc) is 2.95. The smallest absolute Gasteiger partial charge is 0.242 e. The van der Waals surface area contributed by atoms with Crippen LogP contribution in [0.3, 0.4) is 0 Å². The van der Waals surface area contributed by atoms with Crippen molar-refractivity contribution in [1.29, 1.82) is 0 Å². The fourth-order valence-electron chi connectivity index (χ4n) is 2.57. The quantitative estimate of drug-likeness (QED) is 0.687. The molecule has 0 aliphatic rings. The van der Waals surface area contributed by atoms with Crippen LogP contribution >= 0.6 is 11.8 Å². The highest BCUT2D eigenvalue weighted by molar-refractivity contribution is 8.00. The molecule has 6 heteroatoms. The number of aromatic nitrogens is 3. The van der Waals surface area contributed by atoms with Crippen LogP contribution in [-0.2, 0) is 11.8 Å². The highest BCUT2D eigenvalue weighted by Gasteiger charge is 2.25. The molecule has 3 rings (SSSR count). The van der Waals surface area contributed by atoms with Gasteiger partial charge in [-0.3, -0.25) is 4.79 Å². The lowest BCUT2D eigenvalue weighted by Crippen LogP contribution is -2.20. The number of anilines is 1. The van der Waals surface area contributed by atoms with Gasteiger partial charge in [-0.15, -0.1) is 10.2 Å². The second-order valence-electron chi connectivity index (χ2n) is 6.31. The minimum absolute atomic E-state index is 0.0736. The number of aryl methyl sites for hydroxylation is 3. The van der Waals surface area contributed by atoms with Crippen LogP contribution in [0, 0.1) is 20.8 Å². The van der Waals surface area contributed by atoms with Gasteiger partial charge >= 0.3 is 0 Å². The minimum Gasteiger partial charge on any atom is -0.325 e. The number of nitrogens with zero attached hydrogens (tertiary/aromatic N) is 3. The van der Waals surface area contributed by atoms with Gasteiger partial charge in [0, 0.05) is 12.7 Å². The van der Waals surface area contributed by atoms with E-state index in [-0.39, 0.29) is 5.91 Å². The highest BCUT2D eigenvalue weighted by Crippen LogP contribution is 2.35. The Kier molecular flexibility index (Phi) is 5.42. The van der Waals surface area contributed by atoms with Crippen molar-refractivity contribution in [2.45, 2.75) is 31.2 Å². The maximum absolute atomic E-state index is 13.1. The molecule has 0 unspecified atom stereocenters. The van der Waals surface area contributed by atoms with Crippen LogP contribution in [0.2, 0.25) is 0 Å². The van der Waals surface area contributed by atoms with Gasteiger partial charge in [-0.1, -0.05) is 54.2 Å². The fraction of sp³-hybridized carbons (Fsp3) is 0.250. The van der Waals surface area contributed by atoms with Crippen molar-refractivity contribution in [2.75, 3.05) is 5.32 Å². The third-order valence-electron chi connectivity index (χ3n) is 4.27. The van der Waals surface area contributed by atoms with Gasteiger partial charge in [-0.25, -0.2) is 0 Å². The number of hydrogen-bond acceptors (Lipinski definition) is 4. The Morgan fingerprint density at radius 1 is 1.08 bits per heavy atom. The Morgan fingerprint density at radius 3 is 2.46 bits per heavy atom. The minimum atomic E-state index is -0.418. The van der Waals surface area contributed by atoms with Gasteiger partial charge in [0.15, 0.2) is 5.16 Å². The zero-order valence-corrected chi connectivity index (χ0v) is 16.2. The molecule has 1 heterocycles. The zero-order chi connectivity index (χ0) is 18.7. The van der Waals surface area contributed by atoms with E-state index in [1.54, 1.807) is 0 Å². The lowest BCUT2D eigenvalue weighted by Gasteiger charge is -2.17. The first-order chi connectivity index (χ1) is 12.5. The average molecular weight is 366 g/mol. The summed E-state index contributed by atoms with van der Waals surface area (Å²) in [6.07, 6.45) is 0. The van der Waals surface area contributed by atoms with E-state index in [2.05, 4.69) is 15.5 Å². The van der Waals surface area contributed by atoms with Crippen molar-refractivity contribution in [1.82, 2.24) is 14.8 Å². The van der Waals surface area contributed by atoms with Gasteiger partial charge in [-0.05, 0) is 43.5 Å². The molecule has 0 spiro atoms. The Bertz CT molecular complexity index is 921. The molecule has 1 N–H and O–H groups in total. The number of carbonyl (C=O) groups excluding carboxylic acids is 1. The van der Waals surface area contributed by atoms with Gasteiger partial charge in [0.1, 0.15) is 11.1 Å². The summed E-state index contributed by atoms with van der Waals surface area (Å²) in [5.74, 6) is 0.741. The third-order valence-corrected chi connectivity index (χ3v) is 5.56. The summed E-state index contributed by atoms with van der Waals surface area (Å²) in [5.41, 5.74) is 3.92. The molecule has 1 aromatic heterocycles. The van der Waals surface area contributed by atoms with E-state index in [1.165, 1.54) is 11.8 Å². The van der Waals surface area contributed by atoms with Crippen LogP contribution < -0.4 is 5.32 Å². The monoisotopic (exact) mass is 366 g/mol. The molecule has 3 aromatic rings. The standard InChI is InChI=1S/C20H22N4OS/c1-13-10-11-14(2)17(12-13)21-19(25)18(16-8-6-5-7-9-16)26-20-23-22-15(3)24(20)4/h5-12,18H,1-4H3,(H,21,25)/t18-/m0/s1. The molecule has 0 saturated carbocycles. The van der Waals surface area contributed by atoms with Crippen molar-refractivity contribution in [3.8, 4) is 0 Å². The number of carbonyl (C=O) groups is 1. The molecule has 1 amide bonds. The van der Waals surface area contributed by atoms with Crippen LogP contribution in [-0.4, -0.2) is 20.7 Å². The van der Waals surface area contributed by atoms with E-state index in [9.17, 15) is 4.79 Å². The summed E-state index contributed by atoms with van der Waals surface area (Å²) in [5, 5.41) is 11.7. The summed E-state index contributed by atoms with van der Waals surface area (Å²) >= 11 is 1.40. The molecule has 2 aromatic carbocycles. The molecule has 0 radical (unpaired) electrons. The molecule has 0 fully saturated rings. The number of hydrogen-bond donors (Lipinski definition) is 1. The first-order valence-electron chi connectivity index (χ1n) is 8.41. The normalized spacial score (nSPS) is 12.0. The van der Waals surface area contributed by atoms with E-state index in [0.29, 0.717) is 5.16 Å². The lowest BCUT2D eigenvalue weighted by atomic mass is 10.1. The molecule has 5 nitrogen and oxygen atoms in total. The molecule has 26 heavy (non-hydrogen) atoms. The number of thioether (sulfide) groups is 1. The molecular formula is C20H22N4OS. The largest absolute Gasteiger partial charge is 0.325 e. The fourth-order valence-corrected chi connectivity index (χ4v) is 3.61. The van der Waals surface area contributed by atoms with Crippen LogP contribution in [0.4, 0.5) is 5.69 Å². The lowest BCUT2D eigenvalue weighted by molar-refractivity contribution is -0.115. The number of nitrogens with one attached hydrogen (secondary N) is 1. The van der Waals surface area contributed by atoms with Crippen LogP contribution in [0.25, 0.3) is 0 Å². The predicted octanol–water partition coefficient (Wildman–Crippen LogP) is 4.21. The molecule has 1 atom stereocenters. The van der Waals surface area contributed by atoms with Gasteiger partial charge < -0.3 is 9.88 Å². The first-order valence-corrected chi connectivity index (χ1v) is 9.29. The van der Waals surface area contributed by atoms with E-state index in [4.69, 9.17) is 0 Å². The van der Waals surface area contributed by atoms with E-state index < -0.39 is 5.25 Å². The number of benzene rings is 2. The molecule has 0 aliphatic carbocycles. The Hall–Kier alpha value is -2.60. The summed E-state index contributed by atoms with van der Waals surface area (Å²) in [4.78, 5) is 13.1. The van der Waals surface area contributed by atoms with Crippen molar-refractivity contribution in [3.63, 3.8) is 0 Å². The number of rotatable bonds is 5. The molecule has 0 saturated heterocycles. The van der Waals surface area contributed by atoms with E-state index in [1.807, 2.05) is 80.9 Å². The molecule has 0 bridgehead atoms. The third kappa shape index (κ3) is 3.96. The SMILES string of the molecule is Cc1ccc(C)c(NC(=O)[C@@H](Sc2nnc(C)n2C)c2ccccc2)c1. The van der Waals surface area contributed by atoms with Gasteiger partial charge in [0.2, 0.25) is 5.91 Å². The van der Waals surface area contributed by atoms with Crippen molar-refractivity contribution < 1.29 is 4.79 Å². The molecule has 134 valence electrons. The van der Waals surface area contributed by atoms with Crippen LogP contribution in [0.15, 0.2) is 53.7 Å². The Balaban J connectivity index is 1.91. The molecular weight excluding hydrogens is 344 g/mol. The molecule has 0 aliphatic heterocycles. The highest BCUT2D eigenvalue weighted by atomic mass is 32.2. The van der Waals surface area contributed by atoms with Gasteiger partial charge in [0.25, 0.3) is 0 Å². The Labute approximate surface area is 157 Å². The van der Waals surface area contributed by atoms with Crippen LogP contribution in [0.5, 0.6) is 0 Å². The Morgan fingerprint density at radius 2 is 1.81 bits per heavy atom. The second-order valence-corrected chi connectivity index (χ2v) is 7.38. The van der Waals surface area contributed by atoms with E-state index in [0.717, 1.165) is 28.2 Å². The summed E-state index contributed by atoms with van der Waals surface area (Å²) in [7, 11) is 1.91. The maximum Gasteiger partial charge on any atom is 0.242 e. The number of amides is 1. The van der Waals surface area contributed by atoms with Crippen molar-refractivity contribution in [2.24, 2.45) is 7.05 Å². The summed E-state index contributed by atoms with van der Waals surface area (Å²) in [6.45, 7) is 5.90. The van der Waals surface area contributed by atoms with Crippen molar-refractivity contribution in [3.05, 3.63) is 71.0 Å². The van der Waals surface area contributed by atoms with E-state index >= 15 is 0 Å². The second kappa shape index (κ2) is 7.74. The van der Waals surface area contributed by atoms with Gasteiger partial charge in [0.05, 0.1) is 0 Å². The van der Waals surface area contributed by atoms with Crippen molar-refractivity contribution >= 4 is 23.4 Å². The predicted molar refractivity (Wildman–Crippen MR) is 105 cm³/mol. The topological polar surface area (TPSA) is 59.8 Å². The zero-order valence-electron chi connectivity index (χ0n) is 15.4. The maximum atomic E-state index is 13.1. The van der Waals surface area contributed by atoms with Crippen LogP contribution in [0.1, 0.15) is 27.8 Å².